The minimum absolute atomic E-state index is 0.0405. The summed E-state index contributed by atoms with van der Waals surface area (Å²) in [4.78, 5) is 0. The number of aryl methyl sites for hydroxylation is 1. The molecule has 2 N–H and O–H groups in total. The Morgan fingerprint density at radius 1 is 1.14 bits per heavy atom. The molecular weight excluding hydrogens is 262 g/mol. The smallest absolute Gasteiger partial charge is 0.133 e. The lowest BCUT2D eigenvalue weighted by atomic mass is 10.1. The van der Waals surface area contributed by atoms with Crippen LogP contribution in [0.25, 0.3) is 10.9 Å². The molecule has 0 aliphatic heterocycles. The van der Waals surface area contributed by atoms with E-state index < -0.39 is 0 Å². The SMILES string of the molecule is C[C@H](N)c1ccc(OCc2nn(C)c3ccccc23)cc1. The molecule has 3 aromatic rings. The molecule has 108 valence electrons. The lowest BCUT2D eigenvalue weighted by Crippen LogP contribution is -2.04. The fourth-order valence-corrected chi connectivity index (χ4v) is 2.41. The first-order valence-corrected chi connectivity index (χ1v) is 7.04. The van der Waals surface area contributed by atoms with Crippen LogP contribution in [0.1, 0.15) is 24.2 Å². The number of nitrogens with two attached hydrogens (primary N) is 1. The minimum atomic E-state index is 0.0405. The molecule has 21 heavy (non-hydrogen) atoms. The van der Waals surface area contributed by atoms with Crippen molar-refractivity contribution in [1.82, 2.24) is 9.78 Å². The molecule has 0 saturated carbocycles. The summed E-state index contributed by atoms with van der Waals surface area (Å²) in [6.45, 7) is 2.43. The molecule has 0 aliphatic rings. The van der Waals surface area contributed by atoms with Crippen LogP contribution in [-0.4, -0.2) is 9.78 Å². The van der Waals surface area contributed by atoms with Gasteiger partial charge >= 0.3 is 0 Å². The van der Waals surface area contributed by atoms with Gasteiger partial charge in [0.05, 0.1) is 5.52 Å². The summed E-state index contributed by atoms with van der Waals surface area (Å²) < 4.78 is 7.71. The monoisotopic (exact) mass is 281 g/mol. The van der Waals surface area contributed by atoms with Gasteiger partial charge in [-0.3, -0.25) is 4.68 Å². The number of para-hydroxylation sites is 1. The number of nitrogens with zero attached hydrogens (tertiary/aromatic N) is 2. The third-order valence-electron chi connectivity index (χ3n) is 3.62. The largest absolute Gasteiger partial charge is 0.487 e. The van der Waals surface area contributed by atoms with Gasteiger partial charge in [0, 0.05) is 18.5 Å². The molecule has 0 fully saturated rings. The summed E-state index contributed by atoms with van der Waals surface area (Å²) >= 11 is 0. The van der Waals surface area contributed by atoms with E-state index in [9.17, 15) is 0 Å². The second kappa shape index (κ2) is 5.58. The van der Waals surface area contributed by atoms with Crippen LogP contribution >= 0.6 is 0 Å². The lowest BCUT2D eigenvalue weighted by Gasteiger charge is -2.08. The van der Waals surface area contributed by atoms with Crippen LogP contribution in [0.3, 0.4) is 0 Å². The highest BCUT2D eigenvalue weighted by atomic mass is 16.5. The molecule has 3 rings (SSSR count). The lowest BCUT2D eigenvalue weighted by molar-refractivity contribution is 0.301. The molecule has 0 amide bonds. The van der Waals surface area contributed by atoms with E-state index in [0.717, 1.165) is 27.9 Å². The zero-order chi connectivity index (χ0) is 14.8. The number of aromatic nitrogens is 2. The van der Waals surface area contributed by atoms with Crippen LogP contribution in [0.15, 0.2) is 48.5 Å². The first kappa shape index (κ1) is 13.6. The summed E-state index contributed by atoms with van der Waals surface area (Å²) in [6.07, 6.45) is 0. The molecule has 0 unspecified atom stereocenters. The van der Waals surface area contributed by atoms with Crippen molar-refractivity contribution in [3.05, 3.63) is 59.8 Å². The molecule has 2 aromatic carbocycles. The van der Waals surface area contributed by atoms with E-state index in [0.29, 0.717) is 6.61 Å². The molecule has 0 aliphatic carbocycles. The van der Waals surface area contributed by atoms with E-state index in [-0.39, 0.29) is 6.04 Å². The van der Waals surface area contributed by atoms with Gasteiger partial charge in [-0.15, -0.1) is 0 Å². The van der Waals surface area contributed by atoms with E-state index in [4.69, 9.17) is 10.5 Å². The van der Waals surface area contributed by atoms with Gasteiger partial charge in [0.15, 0.2) is 0 Å². The van der Waals surface area contributed by atoms with Crippen LogP contribution in [0.2, 0.25) is 0 Å². The molecular formula is C17H19N3O. The summed E-state index contributed by atoms with van der Waals surface area (Å²) in [5.41, 5.74) is 9.01. The minimum Gasteiger partial charge on any atom is -0.487 e. The average Bonchev–Trinajstić information content (AvgIpc) is 2.83. The Balaban J connectivity index is 1.77. The van der Waals surface area contributed by atoms with Crippen molar-refractivity contribution in [2.75, 3.05) is 0 Å². The molecule has 4 heteroatoms. The van der Waals surface area contributed by atoms with Crippen LogP contribution < -0.4 is 10.5 Å². The standard InChI is InChI=1S/C17H19N3O/c1-12(18)13-7-9-14(10-8-13)21-11-16-15-5-3-4-6-17(15)20(2)19-16/h3-10,12H,11,18H2,1-2H3/t12-/m0/s1. The molecule has 0 spiro atoms. The number of ether oxygens (including phenoxy) is 1. The zero-order valence-corrected chi connectivity index (χ0v) is 12.3. The molecule has 1 aromatic heterocycles. The highest BCUT2D eigenvalue weighted by molar-refractivity contribution is 5.81. The fraction of sp³-hybridized carbons (Fsp3) is 0.235. The van der Waals surface area contributed by atoms with E-state index in [1.54, 1.807) is 0 Å². The maximum atomic E-state index is 5.84. The first-order valence-electron chi connectivity index (χ1n) is 7.04. The number of benzene rings is 2. The van der Waals surface area contributed by atoms with E-state index >= 15 is 0 Å². The molecule has 0 bridgehead atoms. The summed E-state index contributed by atoms with van der Waals surface area (Å²) in [5, 5.41) is 5.65. The first-order chi connectivity index (χ1) is 10.1. The predicted octanol–water partition coefficient (Wildman–Crippen LogP) is 3.17. The van der Waals surface area contributed by atoms with Crippen LogP contribution in [0.5, 0.6) is 5.75 Å². The molecule has 1 atom stereocenters. The van der Waals surface area contributed by atoms with Gasteiger partial charge in [0.2, 0.25) is 0 Å². The van der Waals surface area contributed by atoms with Crippen LogP contribution in [0, 0.1) is 0 Å². The number of hydrogen-bond donors (Lipinski definition) is 1. The van der Waals surface area contributed by atoms with Crippen molar-refractivity contribution in [2.45, 2.75) is 19.6 Å². The van der Waals surface area contributed by atoms with E-state index in [1.165, 1.54) is 0 Å². The predicted molar refractivity (Wildman–Crippen MR) is 84.1 cm³/mol. The Labute approximate surface area is 124 Å². The van der Waals surface area contributed by atoms with Crippen molar-refractivity contribution in [2.24, 2.45) is 12.8 Å². The summed E-state index contributed by atoms with van der Waals surface area (Å²) in [7, 11) is 1.95. The van der Waals surface area contributed by atoms with Gasteiger partial charge in [0.25, 0.3) is 0 Å². The molecule has 1 heterocycles. The summed E-state index contributed by atoms with van der Waals surface area (Å²) in [5.74, 6) is 0.828. The van der Waals surface area contributed by atoms with Gasteiger partial charge in [-0.05, 0) is 30.7 Å². The fourth-order valence-electron chi connectivity index (χ4n) is 2.41. The van der Waals surface area contributed by atoms with Crippen molar-refractivity contribution in [3.63, 3.8) is 0 Å². The second-order valence-electron chi connectivity index (χ2n) is 5.23. The third kappa shape index (κ3) is 2.76. The Hall–Kier alpha value is -2.33. The van der Waals surface area contributed by atoms with E-state index in [2.05, 4.69) is 17.2 Å². The third-order valence-corrected chi connectivity index (χ3v) is 3.62. The molecule has 0 saturated heterocycles. The van der Waals surface area contributed by atoms with Gasteiger partial charge in [-0.1, -0.05) is 30.3 Å². The second-order valence-corrected chi connectivity index (χ2v) is 5.23. The maximum absolute atomic E-state index is 5.84. The Morgan fingerprint density at radius 3 is 2.57 bits per heavy atom. The van der Waals surface area contributed by atoms with Crippen molar-refractivity contribution < 1.29 is 4.74 Å². The van der Waals surface area contributed by atoms with E-state index in [1.807, 2.05) is 55.1 Å². The van der Waals surface area contributed by atoms with Crippen molar-refractivity contribution >= 4 is 10.9 Å². The number of hydrogen-bond acceptors (Lipinski definition) is 3. The summed E-state index contributed by atoms with van der Waals surface area (Å²) in [6, 6.07) is 16.1. The Bertz CT molecular complexity index is 744. The van der Waals surface area contributed by atoms with Gasteiger partial charge in [0.1, 0.15) is 18.1 Å². The highest BCUT2D eigenvalue weighted by Gasteiger charge is 2.08. The van der Waals surface area contributed by atoms with Gasteiger partial charge in [-0.2, -0.15) is 5.10 Å². The quantitative estimate of drug-likeness (QED) is 0.799. The van der Waals surface area contributed by atoms with Gasteiger partial charge < -0.3 is 10.5 Å². The van der Waals surface area contributed by atoms with Crippen molar-refractivity contribution in [3.8, 4) is 5.75 Å². The normalized spacial score (nSPS) is 12.5. The number of fused-ring (bicyclic) bond motifs is 1. The van der Waals surface area contributed by atoms with Gasteiger partial charge in [-0.25, -0.2) is 0 Å². The molecule has 0 radical (unpaired) electrons. The molecule has 4 nitrogen and oxygen atoms in total. The average molecular weight is 281 g/mol. The van der Waals surface area contributed by atoms with Crippen LogP contribution in [0.4, 0.5) is 0 Å². The highest BCUT2D eigenvalue weighted by Crippen LogP contribution is 2.21. The number of rotatable bonds is 4. The Kier molecular flexibility index (Phi) is 3.62. The van der Waals surface area contributed by atoms with Crippen molar-refractivity contribution in [1.29, 1.82) is 0 Å². The van der Waals surface area contributed by atoms with Crippen LogP contribution in [-0.2, 0) is 13.7 Å². The topological polar surface area (TPSA) is 53.1 Å². The maximum Gasteiger partial charge on any atom is 0.133 e. The Morgan fingerprint density at radius 2 is 1.86 bits per heavy atom. The zero-order valence-electron chi connectivity index (χ0n) is 12.3.